The summed E-state index contributed by atoms with van der Waals surface area (Å²) in [5.41, 5.74) is 1.61. The number of hydrogen-bond donors (Lipinski definition) is 2. The Morgan fingerprint density at radius 2 is 1.97 bits per heavy atom. The molecule has 3 rings (SSSR count). The molecule has 1 N–H and O–H groups in total. The molecule has 0 aliphatic carbocycles. The lowest BCUT2D eigenvalue weighted by atomic mass is 10.1. The Bertz CT molecular complexity index is 1150. The van der Waals surface area contributed by atoms with E-state index in [1.54, 1.807) is 6.07 Å². The number of aromatic nitrogens is 1. The minimum atomic E-state index is -2.75. The van der Waals surface area contributed by atoms with Gasteiger partial charge in [0.1, 0.15) is 11.6 Å². The molecule has 0 fully saturated rings. The molecule has 7 nitrogen and oxygen atoms in total. The van der Waals surface area contributed by atoms with E-state index in [0.717, 1.165) is 22.8 Å². The second kappa shape index (κ2) is 10.5. The number of nitrogens with one attached hydrogen (secondary N) is 1. The summed E-state index contributed by atoms with van der Waals surface area (Å²) in [6, 6.07) is 7.41. The first-order chi connectivity index (χ1) is 14.8. The molecule has 10 heteroatoms. The number of amides is 1. The predicted octanol–water partition coefficient (Wildman–Crippen LogP) is 4.12. The summed E-state index contributed by atoms with van der Waals surface area (Å²) in [7, 11) is -1.24. The van der Waals surface area contributed by atoms with Crippen LogP contribution in [0.5, 0.6) is 0 Å². The molecule has 0 saturated heterocycles. The van der Waals surface area contributed by atoms with E-state index in [0.29, 0.717) is 28.8 Å². The lowest BCUT2D eigenvalue weighted by molar-refractivity contribution is 0.0964. The topological polar surface area (TPSA) is 92.5 Å². The van der Waals surface area contributed by atoms with Crippen molar-refractivity contribution in [2.24, 2.45) is 0 Å². The van der Waals surface area contributed by atoms with Crippen LogP contribution in [0.15, 0.2) is 34.7 Å². The summed E-state index contributed by atoms with van der Waals surface area (Å²) in [4.78, 5) is 17.1. The van der Waals surface area contributed by atoms with E-state index >= 15 is 0 Å². The highest BCUT2D eigenvalue weighted by Crippen LogP contribution is 2.34. The molecule has 3 aromatic rings. The van der Waals surface area contributed by atoms with Gasteiger partial charge in [0.2, 0.25) is 16.6 Å². The van der Waals surface area contributed by atoms with Crippen LogP contribution in [0.4, 0.5) is 4.39 Å². The molecule has 2 aromatic heterocycles. The van der Waals surface area contributed by atoms with Gasteiger partial charge in [-0.2, -0.15) is 4.31 Å². The standard InChI is InChI=1S/C21H23FIN3O4S/c1-3-4-5-10-26(31(28)29)12-17-16(23)11-15-18(20(27)24-2)19(30-21(15)25-17)13-6-8-14(22)9-7-13/h6-9,11,31H,3-5,10,12H2,1-2H3,(H,24,27). The molecule has 166 valence electrons. The molecule has 0 atom stereocenters. The van der Waals surface area contributed by atoms with Gasteiger partial charge in [-0.3, -0.25) is 4.79 Å². The van der Waals surface area contributed by atoms with Gasteiger partial charge in [0.25, 0.3) is 5.91 Å². The van der Waals surface area contributed by atoms with Gasteiger partial charge < -0.3 is 9.73 Å². The van der Waals surface area contributed by atoms with Crippen LogP contribution in [0.25, 0.3) is 22.4 Å². The van der Waals surface area contributed by atoms with Crippen molar-refractivity contribution in [3.05, 3.63) is 51.0 Å². The van der Waals surface area contributed by atoms with Gasteiger partial charge in [-0.15, -0.1) is 0 Å². The molecule has 0 aliphatic heterocycles. The predicted molar refractivity (Wildman–Crippen MR) is 126 cm³/mol. The third kappa shape index (κ3) is 5.42. The van der Waals surface area contributed by atoms with Gasteiger partial charge in [0, 0.05) is 22.7 Å². The zero-order chi connectivity index (χ0) is 22.5. The number of carbonyl (C=O) groups excluding carboxylic acids is 1. The zero-order valence-electron chi connectivity index (χ0n) is 17.2. The Hall–Kier alpha value is -2.05. The lowest BCUT2D eigenvalue weighted by Gasteiger charge is -2.15. The largest absolute Gasteiger partial charge is 0.437 e. The van der Waals surface area contributed by atoms with E-state index in [-0.39, 0.29) is 23.9 Å². The van der Waals surface area contributed by atoms with Crippen LogP contribution in [-0.2, 0) is 17.4 Å². The van der Waals surface area contributed by atoms with Crippen molar-refractivity contribution in [2.45, 2.75) is 32.7 Å². The molecule has 0 unspecified atom stereocenters. The highest BCUT2D eigenvalue weighted by atomic mass is 127. The molecular formula is C21H23FIN3O4S. The first-order valence-corrected chi connectivity index (χ1v) is 12.1. The fraction of sp³-hybridized carbons (Fsp3) is 0.333. The second-order valence-corrected chi connectivity index (χ2v) is 9.20. The summed E-state index contributed by atoms with van der Waals surface area (Å²) in [6.07, 6.45) is 2.71. The summed E-state index contributed by atoms with van der Waals surface area (Å²) in [6.45, 7) is 2.60. The number of carbonyl (C=O) groups is 1. The number of unbranched alkanes of at least 4 members (excludes halogenated alkanes) is 2. The molecule has 0 bridgehead atoms. The summed E-state index contributed by atoms with van der Waals surface area (Å²) in [5.74, 6) is -0.469. The van der Waals surface area contributed by atoms with Crippen LogP contribution < -0.4 is 5.32 Å². The molecule has 2 heterocycles. The Balaban J connectivity index is 2.06. The SMILES string of the molecule is CCCCCN(Cc1nc2oc(-c3ccc(F)cc3)c(C(=O)NC)c2cc1I)[SH](=O)=O. The van der Waals surface area contributed by atoms with Gasteiger partial charge in [0.05, 0.1) is 23.2 Å². The number of rotatable bonds is 9. The smallest absolute Gasteiger partial charge is 0.255 e. The normalized spacial score (nSPS) is 11.5. The fourth-order valence-corrected chi connectivity index (χ4v) is 4.39. The number of benzene rings is 1. The number of nitrogens with zero attached hydrogens (tertiary/aromatic N) is 2. The van der Waals surface area contributed by atoms with Gasteiger partial charge in [0.15, 0.2) is 0 Å². The average molecular weight is 559 g/mol. The van der Waals surface area contributed by atoms with Gasteiger partial charge >= 0.3 is 0 Å². The minimum Gasteiger partial charge on any atom is -0.437 e. The molecule has 1 aromatic carbocycles. The molecule has 0 radical (unpaired) electrons. The Kier molecular flexibility index (Phi) is 8.00. The third-order valence-electron chi connectivity index (χ3n) is 4.85. The number of pyridine rings is 1. The van der Waals surface area contributed by atoms with E-state index in [1.807, 2.05) is 0 Å². The van der Waals surface area contributed by atoms with Gasteiger partial charge in [-0.05, 0) is 59.3 Å². The average Bonchev–Trinajstić information content (AvgIpc) is 3.11. The van der Waals surface area contributed by atoms with Crippen molar-refractivity contribution in [2.75, 3.05) is 13.6 Å². The van der Waals surface area contributed by atoms with Gasteiger partial charge in [-0.1, -0.05) is 19.8 Å². The van der Waals surface area contributed by atoms with Crippen LogP contribution in [0.2, 0.25) is 0 Å². The van der Waals surface area contributed by atoms with Crippen LogP contribution >= 0.6 is 22.6 Å². The Morgan fingerprint density at radius 3 is 2.58 bits per heavy atom. The molecule has 0 aliphatic rings. The van der Waals surface area contributed by atoms with Crippen LogP contribution in [-0.4, -0.2) is 37.2 Å². The van der Waals surface area contributed by atoms with Crippen LogP contribution in [0.1, 0.15) is 42.2 Å². The monoisotopic (exact) mass is 559 g/mol. The van der Waals surface area contributed by atoms with Crippen LogP contribution in [0.3, 0.4) is 0 Å². The maximum absolute atomic E-state index is 13.4. The molecule has 0 saturated carbocycles. The quantitative estimate of drug-likeness (QED) is 0.234. The second-order valence-electron chi connectivity index (χ2n) is 6.99. The van der Waals surface area contributed by atoms with Crippen molar-refractivity contribution < 1.29 is 22.0 Å². The summed E-state index contributed by atoms with van der Waals surface area (Å²) in [5, 5.41) is 3.11. The molecular weight excluding hydrogens is 536 g/mol. The Morgan fingerprint density at radius 1 is 1.26 bits per heavy atom. The number of furan rings is 1. The molecule has 0 spiro atoms. The summed E-state index contributed by atoms with van der Waals surface area (Å²) >= 11 is 2.08. The van der Waals surface area contributed by atoms with Crippen LogP contribution in [0, 0.1) is 9.39 Å². The van der Waals surface area contributed by atoms with E-state index in [4.69, 9.17) is 4.42 Å². The van der Waals surface area contributed by atoms with Crippen molar-refractivity contribution >= 4 is 50.5 Å². The van der Waals surface area contributed by atoms with E-state index < -0.39 is 16.7 Å². The number of hydrogen-bond acceptors (Lipinski definition) is 5. The Labute approximate surface area is 195 Å². The molecule has 1 amide bonds. The highest BCUT2D eigenvalue weighted by Gasteiger charge is 2.24. The zero-order valence-corrected chi connectivity index (χ0v) is 20.2. The van der Waals surface area contributed by atoms with E-state index in [1.165, 1.54) is 35.6 Å². The van der Waals surface area contributed by atoms with Crippen molar-refractivity contribution in [1.82, 2.24) is 14.6 Å². The van der Waals surface area contributed by atoms with Gasteiger partial charge in [-0.25, -0.2) is 17.8 Å². The summed E-state index contributed by atoms with van der Waals surface area (Å²) < 4.78 is 44.8. The fourth-order valence-electron chi connectivity index (χ4n) is 3.24. The van der Waals surface area contributed by atoms with Crippen molar-refractivity contribution in [3.63, 3.8) is 0 Å². The number of halogens is 2. The third-order valence-corrected chi connectivity index (χ3v) is 6.59. The highest BCUT2D eigenvalue weighted by molar-refractivity contribution is 14.1. The maximum Gasteiger partial charge on any atom is 0.255 e. The number of fused-ring (bicyclic) bond motifs is 1. The first kappa shape index (κ1) is 23.6. The van der Waals surface area contributed by atoms with E-state index in [2.05, 4.69) is 39.8 Å². The van der Waals surface area contributed by atoms with Crippen molar-refractivity contribution in [1.29, 1.82) is 0 Å². The van der Waals surface area contributed by atoms with Crippen molar-refractivity contribution in [3.8, 4) is 11.3 Å². The molecule has 31 heavy (non-hydrogen) atoms. The number of thiol groups is 1. The first-order valence-electron chi connectivity index (χ1n) is 9.84. The van der Waals surface area contributed by atoms with E-state index in [9.17, 15) is 17.6 Å². The maximum atomic E-state index is 13.4. The lowest BCUT2D eigenvalue weighted by Crippen LogP contribution is -2.24. The minimum absolute atomic E-state index is 0.124.